The molecule has 2 aromatic heterocycles. The number of hydrogen-bond acceptors (Lipinski definition) is 6. The number of carbonyl (C=O) groups is 1. The van der Waals surface area contributed by atoms with Crippen molar-refractivity contribution in [1.82, 2.24) is 23.1 Å². The van der Waals surface area contributed by atoms with E-state index in [1.807, 2.05) is 71.6 Å². The first-order valence-electron chi connectivity index (χ1n) is 15.1. The predicted molar refractivity (Wildman–Crippen MR) is 171 cm³/mol. The zero-order valence-corrected chi connectivity index (χ0v) is 25.7. The molecule has 4 heterocycles. The quantitative estimate of drug-likeness (QED) is 0.334. The maximum atomic E-state index is 13.7. The summed E-state index contributed by atoms with van der Waals surface area (Å²) in [7, 11) is -0.650. The van der Waals surface area contributed by atoms with Crippen LogP contribution < -0.4 is 5.73 Å². The number of pyridine rings is 1. The van der Waals surface area contributed by atoms with Crippen molar-refractivity contribution in [3.63, 3.8) is 0 Å². The summed E-state index contributed by atoms with van der Waals surface area (Å²) in [6, 6.07) is 21.5. The largest absolute Gasteiger partial charge is 0.384 e. The molecular formula is C33H40N6O3S. The minimum absolute atomic E-state index is 0.0438. The Morgan fingerprint density at radius 3 is 2.28 bits per heavy atom. The summed E-state index contributed by atoms with van der Waals surface area (Å²) in [6.07, 6.45) is 5.04. The van der Waals surface area contributed by atoms with Gasteiger partial charge in [0.1, 0.15) is 5.82 Å². The van der Waals surface area contributed by atoms with Gasteiger partial charge in [0.25, 0.3) is 0 Å². The normalized spacial score (nSPS) is 17.6. The summed E-state index contributed by atoms with van der Waals surface area (Å²) in [6.45, 7) is 3.94. The van der Waals surface area contributed by atoms with Crippen LogP contribution in [0, 0.1) is 5.92 Å². The number of likely N-dealkylation sites (tertiary alicyclic amines) is 2. The molecule has 0 spiro atoms. The van der Waals surface area contributed by atoms with Gasteiger partial charge in [-0.15, -0.1) is 0 Å². The average Bonchev–Trinajstić information content (AvgIpc) is 3.38. The van der Waals surface area contributed by atoms with Gasteiger partial charge < -0.3 is 10.6 Å². The second kappa shape index (κ2) is 12.1. The van der Waals surface area contributed by atoms with Crippen LogP contribution in [0.1, 0.15) is 42.7 Å². The number of benzene rings is 2. The lowest BCUT2D eigenvalue weighted by molar-refractivity contribution is -0.138. The lowest BCUT2D eigenvalue weighted by Crippen LogP contribution is -2.45. The Labute approximate surface area is 254 Å². The fourth-order valence-electron chi connectivity index (χ4n) is 6.76. The highest BCUT2D eigenvalue weighted by Gasteiger charge is 2.35. The molecule has 9 nitrogen and oxygen atoms in total. The topological polar surface area (TPSA) is 105 Å². The third-order valence-electron chi connectivity index (χ3n) is 9.01. The summed E-state index contributed by atoms with van der Waals surface area (Å²) < 4.78 is 30.2. The molecule has 0 saturated carbocycles. The van der Waals surface area contributed by atoms with E-state index in [1.165, 1.54) is 8.28 Å². The molecule has 0 radical (unpaired) electrons. The van der Waals surface area contributed by atoms with Crippen molar-refractivity contribution in [2.45, 2.75) is 38.1 Å². The molecule has 226 valence electrons. The molecule has 0 bridgehead atoms. The van der Waals surface area contributed by atoms with Crippen LogP contribution in [-0.2, 0) is 21.5 Å². The summed E-state index contributed by atoms with van der Waals surface area (Å²) in [4.78, 5) is 22.1. The number of amides is 1. The molecule has 10 heteroatoms. The van der Waals surface area contributed by atoms with Gasteiger partial charge in [0.15, 0.2) is 0 Å². The Bertz CT molecular complexity index is 1700. The van der Waals surface area contributed by atoms with Crippen molar-refractivity contribution in [1.29, 1.82) is 0 Å². The minimum atomic E-state index is -3.79. The van der Waals surface area contributed by atoms with Crippen LogP contribution in [0.2, 0.25) is 0 Å². The molecular weight excluding hydrogens is 560 g/mol. The summed E-state index contributed by atoms with van der Waals surface area (Å²) in [5.74, 6) is 0.970. The van der Waals surface area contributed by atoms with Crippen LogP contribution in [0.15, 0.2) is 72.9 Å². The van der Waals surface area contributed by atoms with Crippen molar-refractivity contribution in [2.24, 2.45) is 5.92 Å². The van der Waals surface area contributed by atoms with Crippen LogP contribution in [0.5, 0.6) is 0 Å². The first kappa shape index (κ1) is 29.3. The van der Waals surface area contributed by atoms with Crippen molar-refractivity contribution >= 4 is 32.8 Å². The van der Waals surface area contributed by atoms with Gasteiger partial charge in [-0.2, -0.15) is 12.7 Å². The van der Waals surface area contributed by atoms with E-state index in [-0.39, 0.29) is 17.7 Å². The zero-order chi connectivity index (χ0) is 30.1. The van der Waals surface area contributed by atoms with Gasteiger partial charge in [0, 0.05) is 51.2 Å². The summed E-state index contributed by atoms with van der Waals surface area (Å²) in [5.41, 5.74) is 10.3. The molecule has 6 rings (SSSR count). The molecule has 2 N–H and O–H groups in total. The van der Waals surface area contributed by atoms with Crippen molar-refractivity contribution in [3.8, 4) is 11.3 Å². The molecule has 2 aliphatic rings. The molecule has 43 heavy (non-hydrogen) atoms. The van der Waals surface area contributed by atoms with E-state index in [9.17, 15) is 13.2 Å². The lowest BCUT2D eigenvalue weighted by atomic mass is 9.85. The molecule has 2 aromatic carbocycles. The monoisotopic (exact) mass is 600 g/mol. The molecule has 1 amide bonds. The fraction of sp³-hybridized carbons (Fsp3) is 0.394. The van der Waals surface area contributed by atoms with Crippen molar-refractivity contribution in [2.75, 3.05) is 46.0 Å². The van der Waals surface area contributed by atoms with E-state index in [1.54, 1.807) is 20.3 Å². The number of nitrogen functional groups attached to an aromatic ring is 1. The predicted octanol–water partition coefficient (Wildman–Crippen LogP) is 4.56. The van der Waals surface area contributed by atoms with Gasteiger partial charge in [-0.3, -0.25) is 9.69 Å². The molecule has 0 aliphatic carbocycles. The van der Waals surface area contributed by atoms with Gasteiger partial charge in [0.05, 0.1) is 11.2 Å². The van der Waals surface area contributed by atoms with E-state index in [2.05, 4.69) is 9.88 Å². The summed E-state index contributed by atoms with van der Waals surface area (Å²) in [5, 5.41) is 0.958. The number of hydrogen-bond donors (Lipinski definition) is 1. The molecule has 4 aromatic rings. The highest BCUT2D eigenvalue weighted by molar-refractivity contribution is 7.87. The number of piperidine rings is 2. The number of nitrogens with zero attached hydrogens (tertiary/aromatic N) is 5. The Morgan fingerprint density at radius 1 is 0.930 bits per heavy atom. The maximum Gasteiger partial charge on any atom is 0.308 e. The highest BCUT2D eigenvalue weighted by atomic mass is 32.2. The standard InChI is InChI=1S/C33H40N6O3S/c1-36(2)43(41,42)39-29-11-7-6-10-28(29)31(32(39)26-8-4-3-5-9-26)25-15-20-38(21-16-25)33(40)27-13-18-37(19-14-27)23-24-12-17-35-30(34)22-24/h3-12,17,22,25,27H,13-16,18-21,23H2,1-2H3,(H2,34,35). The van der Waals surface area contributed by atoms with Gasteiger partial charge in [-0.25, -0.2) is 8.96 Å². The van der Waals surface area contributed by atoms with Crippen LogP contribution in [0.3, 0.4) is 0 Å². The van der Waals surface area contributed by atoms with Crippen molar-refractivity contribution in [3.05, 3.63) is 84.1 Å². The van der Waals surface area contributed by atoms with Gasteiger partial charge in [-0.05, 0) is 79.6 Å². The molecule has 0 unspecified atom stereocenters. The van der Waals surface area contributed by atoms with E-state index < -0.39 is 10.2 Å². The number of nitrogens with two attached hydrogens (primary N) is 1. The van der Waals surface area contributed by atoms with Gasteiger partial charge in [0.2, 0.25) is 5.91 Å². The number of para-hydroxylation sites is 1. The first-order chi connectivity index (χ1) is 20.7. The average molecular weight is 601 g/mol. The number of fused-ring (bicyclic) bond motifs is 1. The third kappa shape index (κ3) is 5.79. The van der Waals surface area contributed by atoms with Crippen LogP contribution in [-0.4, -0.2) is 77.7 Å². The van der Waals surface area contributed by atoms with Gasteiger partial charge in [-0.1, -0.05) is 48.5 Å². The number of anilines is 1. The Kier molecular flexibility index (Phi) is 8.26. The van der Waals surface area contributed by atoms with Gasteiger partial charge >= 0.3 is 10.2 Å². The Balaban J connectivity index is 1.20. The summed E-state index contributed by atoms with van der Waals surface area (Å²) >= 11 is 0. The molecule has 2 fully saturated rings. The number of rotatable bonds is 7. The van der Waals surface area contributed by atoms with E-state index in [0.29, 0.717) is 24.4 Å². The SMILES string of the molecule is CN(C)S(=O)(=O)n1c(-c2ccccc2)c(C2CCN(C(=O)C3CCN(Cc4ccnc(N)c4)CC3)CC2)c2ccccc21. The molecule has 2 aliphatic heterocycles. The number of aromatic nitrogens is 2. The third-order valence-corrected chi connectivity index (χ3v) is 10.8. The zero-order valence-electron chi connectivity index (χ0n) is 24.9. The van der Waals surface area contributed by atoms with E-state index in [4.69, 9.17) is 5.73 Å². The molecule has 0 atom stereocenters. The maximum absolute atomic E-state index is 13.7. The van der Waals surface area contributed by atoms with Crippen LogP contribution in [0.25, 0.3) is 22.2 Å². The van der Waals surface area contributed by atoms with Crippen LogP contribution >= 0.6 is 0 Å². The van der Waals surface area contributed by atoms with E-state index in [0.717, 1.165) is 73.1 Å². The van der Waals surface area contributed by atoms with E-state index >= 15 is 0 Å². The molecule has 2 saturated heterocycles. The van der Waals surface area contributed by atoms with Crippen molar-refractivity contribution < 1.29 is 13.2 Å². The van der Waals surface area contributed by atoms with Crippen LogP contribution in [0.4, 0.5) is 5.82 Å². The Hall–Kier alpha value is -3.73. The Morgan fingerprint density at radius 2 is 1.60 bits per heavy atom. The first-order valence-corrected chi connectivity index (χ1v) is 16.5. The highest BCUT2D eigenvalue weighted by Crippen LogP contribution is 2.43. The second-order valence-corrected chi connectivity index (χ2v) is 13.9. The fourth-order valence-corrected chi connectivity index (χ4v) is 7.93. The number of carbonyl (C=O) groups excluding carboxylic acids is 1. The lowest BCUT2D eigenvalue weighted by Gasteiger charge is -2.37. The minimum Gasteiger partial charge on any atom is -0.384 e. The second-order valence-electron chi connectivity index (χ2n) is 11.9. The smallest absolute Gasteiger partial charge is 0.308 e.